The fourth-order valence-corrected chi connectivity index (χ4v) is 3.11. The standard InChI is InChI=1S/C18H26ClN3O2/c1-13(2)7-8-17(24)20-16-6-4-5-15(19)18(16)22-11-9-21(10-12-22)14(3)23/h4-6,13H,7-12H2,1-3H3,(H,20,24). The minimum atomic E-state index is 0.00888. The van der Waals surface area contributed by atoms with Crippen molar-refractivity contribution in [1.29, 1.82) is 0 Å². The number of nitrogens with zero attached hydrogens (tertiary/aromatic N) is 2. The molecule has 0 aromatic heterocycles. The fraction of sp³-hybridized carbons (Fsp3) is 0.556. The topological polar surface area (TPSA) is 52.7 Å². The maximum Gasteiger partial charge on any atom is 0.224 e. The average Bonchev–Trinajstić information content (AvgIpc) is 2.53. The van der Waals surface area contributed by atoms with E-state index in [1.165, 1.54) is 0 Å². The Morgan fingerprint density at radius 2 is 1.88 bits per heavy atom. The van der Waals surface area contributed by atoms with E-state index in [2.05, 4.69) is 24.1 Å². The number of rotatable bonds is 5. The zero-order chi connectivity index (χ0) is 17.7. The van der Waals surface area contributed by atoms with E-state index >= 15 is 0 Å². The zero-order valence-electron chi connectivity index (χ0n) is 14.6. The molecular formula is C18H26ClN3O2. The molecule has 0 bridgehead atoms. The molecular weight excluding hydrogens is 326 g/mol. The molecule has 0 aliphatic carbocycles. The van der Waals surface area contributed by atoms with Gasteiger partial charge in [0.1, 0.15) is 0 Å². The van der Waals surface area contributed by atoms with Gasteiger partial charge in [-0.2, -0.15) is 0 Å². The quantitative estimate of drug-likeness (QED) is 0.884. The number of amides is 2. The van der Waals surface area contributed by atoms with Crippen LogP contribution in [0.4, 0.5) is 11.4 Å². The summed E-state index contributed by atoms with van der Waals surface area (Å²) in [4.78, 5) is 27.6. The van der Waals surface area contributed by atoms with Gasteiger partial charge in [-0.3, -0.25) is 9.59 Å². The molecule has 0 radical (unpaired) electrons. The minimum Gasteiger partial charge on any atom is -0.365 e. The van der Waals surface area contributed by atoms with Crippen molar-refractivity contribution < 1.29 is 9.59 Å². The van der Waals surface area contributed by atoms with Crippen molar-refractivity contribution in [3.8, 4) is 0 Å². The van der Waals surface area contributed by atoms with Crippen LogP contribution in [-0.2, 0) is 9.59 Å². The first-order chi connectivity index (χ1) is 11.4. The highest BCUT2D eigenvalue weighted by molar-refractivity contribution is 6.34. The number of carbonyl (C=O) groups excluding carboxylic acids is 2. The molecule has 132 valence electrons. The lowest BCUT2D eigenvalue weighted by Crippen LogP contribution is -2.48. The van der Waals surface area contributed by atoms with E-state index in [0.29, 0.717) is 43.5 Å². The van der Waals surface area contributed by atoms with Gasteiger partial charge in [-0.05, 0) is 24.5 Å². The lowest BCUT2D eigenvalue weighted by Gasteiger charge is -2.37. The van der Waals surface area contributed by atoms with Gasteiger partial charge < -0.3 is 15.1 Å². The Bertz CT molecular complexity index is 596. The Balaban J connectivity index is 2.10. The van der Waals surface area contributed by atoms with Crippen molar-refractivity contribution in [3.63, 3.8) is 0 Å². The monoisotopic (exact) mass is 351 g/mol. The van der Waals surface area contributed by atoms with Crippen LogP contribution in [-0.4, -0.2) is 42.9 Å². The van der Waals surface area contributed by atoms with E-state index in [1.807, 2.05) is 23.1 Å². The fourth-order valence-electron chi connectivity index (χ4n) is 2.82. The van der Waals surface area contributed by atoms with Gasteiger partial charge in [0.05, 0.1) is 16.4 Å². The predicted molar refractivity (Wildman–Crippen MR) is 98.6 cm³/mol. The third kappa shape index (κ3) is 4.87. The largest absolute Gasteiger partial charge is 0.365 e. The van der Waals surface area contributed by atoms with Crippen LogP contribution in [0.3, 0.4) is 0 Å². The lowest BCUT2D eigenvalue weighted by atomic mass is 10.1. The van der Waals surface area contributed by atoms with Gasteiger partial charge in [0.2, 0.25) is 11.8 Å². The third-order valence-corrected chi connectivity index (χ3v) is 4.56. The molecule has 2 rings (SSSR count). The normalized spacial score (nSPS) is 14.9. The molecule has 6 heteroatoms. The summed E-state index contributed by atoms with van der Waals surface area (Å²) in [6.45, 7) is 8.55. The zero-order valence-corrected chi connectivity index (χ0v) is 15.4. The number of piperazine rings is 1. The SMILES string of the molecule is CC(=O)N1CCN(c2c(Cl)cccc2NC(=O)CCC(C)C)CC1. The van der Waals surface area contributed by atoms with Crippen molar-refractivity contribution in [2.24, 2.45) is 5.92 Å². The molecule has 1 aromatic rings. The van der Waals surface area contributed by atoms with Crippen molar-refractivity contribution in [3.05, 3.63) is 23.2 Å². The number of benzene rings is 1. The van der Waals surface area contributed by atoms with Gasteiger partial charge >= 0.3 is 0 Å². The summed E-state index contributed by atoms with van der Waals surface area (Å²) >= 11 is 6.40. The van der Waals surface area contributed by atoms with Crippen LogP contribution in [0.25, 0.3) is 0 Å². The smallest absolute Gasteiger partial charge is 0.224 e. The van der Waals surface area contributed by atoms with Gasteiger partial charge in [-0.1, -0.05) is 31.5 Å². The second-order valence-corrected chi connectivity index (χ2v) is 7.02. The molecule has 2 amide bonds. The summed E-state index contributed by atoms with van der Waals surface area (Å²) in [5.41, 5.74) is 1.59. The third-order valence-electron chi connectivity index (χ3n) is 4.25. The number of hydrogen-bond donors (Lipinski definition) is 1. The molecule has 1 aliphatic rings. The number of anilines is 2. The number of halogens is 1. The molecule has 1 saturated heterocycles. The molecule has 1 fully saturated rings. The second-order valence-electron chi connectivity index (χ2n) is 6.61. The van der Waals surface area contributed by atoms with Gasteiger partial charge in [0.15, 0.2) is 0 Å². The van der Waals surface area contributed by atoms with Crippen molar-refractivity contribution in [1.82, 2.24) is 4.90 Å². The number of hydrogen-bond acceptors (Lipinski definition) is 3. The lowest BCUT2D eigenvalue weighted by molar-refractivity contribution is -0.129. The van der Waals surface area contributed by atoms with Crippen LogP contribution in [0.2, 0.25) is 5.02 Å². The molecule has 0 saturated carbocycles. The highest BCUT2D eigenvalue weighted by Gasteiger charge is 2.23. The van der Waals surface area contributed by atoms with Gasteiger partial charge in [-0.15, -0.1) is 0 Å². The van der Waals surface area contributed by atoms with Crippen LogP contribution < -0.4 is 10.2 Å². The Hall–Kier alpha value is -1.75. The molecule has 1 aromatic carbocycles. The summed E-state index contributed by atoms with van der Waals surface area (Å²) in [6, 6.07) is 5.56. The Morgan fingerprint density at radius 3 is 2.46 bits per heavy atom. The van der Waals surface area contributed by atoms with Crippen molar-refractivity contribution in [2.75, 3.05) is 36.4 Å². The van der Waals surface area contributed by atoms with Crippen LogP contribution in [0, 0.1) is 5.92 Å². The highest BCUT2D eigenvalue weighted by Crippen LogP contribution is 2.34. The van der Waals surface area contributed by atoms with Gasteiger partial charge in [0.25, 0.3) is 0 Å². The Kier molecular flexibility index (Phi) is 6.49. The number of para-hydroxylation sites is 1. The van der Waals surface area contributed by atoms with Gasteiger partial charge in [0, 0.05) is 39.5 Å². The maximum atomic E-state index is 12.2. The van der Waals surface area contributed by atoms with E-state index < -0.39 is 0 Å². The predicted octanol–water partition coefficient (Wildman–Crippen LogP) is 3.38. The second kappa shape index (κ2) is 8.38. The molecule has 0 spiro atoms. The van der Waals surface area contributed by atoms with E-state index in [0.717, 1.165) is 17.8 Å². The summed E-state index contributed by atoms with van der Waals surface area (Å²) < 4.78 is 0. The summed E-state index contributed by atoms with van der Waals surface area (Å²) in [5, 5.41) is 3.61. The van der Waals surface area contributed by atoms with E-state index in [1.54, 1.807) is 6.92 Å². The Morgan fingerprint density at radius 1 is 1.21 bits per heavy atom. The van der Waals surface area contributed by atoms with Crippen molar-refractivity contribution >= 4 is 34.8 Å². The van der Waals surface area contributed by atoms with E-state index in [4.69, 9.17) is 11.6 Å². The van der Waals surface area contributed by atoms with E-state index in [9.17, 15) is 9.59 Å². The van der Waals surface area contributed by atoms with E-state index in [-0.39, 0.29) is 11.8 Å². The van der Waals surface area contributed by atoms with Crippen LogP contribution >= 0.6 is 11.6 Å². The molecule has 0 atom stereocenters. The highest BCUT2D eigenvalue weighted by atomic mass is 35.5. The number of nitrogens with one attached hydrogen (secondary N) is 1. The first-order valence-corrected chi connectivity index (χ1v) is 8.85. The first kappa shape index (κ1) is 18.6. The van der Waals surface area contributed by atoms with Crippen LogP contribution in [0.1, 0.15) is 33.6 Å². The van der Waals surface area contributed by atoms with Crippen LogP contribution in [0.15, 0.2) is 18.2 Å². The van der Waals surface area contributed by atoms with Crippen molar-refractivity contribution in [2.45, 2.75) is 33.6 Å². The minimum absolute atomic E-state index is 0.00888. The summed E-state index contributed by atoms with van der Waals surface area (Å²) in [7, 11) is 0. The molecule has 1 heterocycles. The van der Waals surface area contributed by atoms with Gasteiger partial charge in [-0.25, -0.2) is 0 Å². The van der Waals surface area contributed by atoms with Crippen LogP contribution in [0.5, 0.6) is 0 Å². The first-order valence-electron chi connectivity index (χ1n) is 8.47. The molecule has 5 nitrogen and oxygen atoms in total. The number of carbonyl (C=O) groups is 2. The maximum absolute atomic E-state index is 12.2. The summed E-state index contributed by atoms with van der Waals surface area (Å²) in [5.74, 6) is 0.597. The Labute approximate surface area is 149 Å². The summed E-state index contributed by atoms with van der Waals surface area (Å²) in [6.07, 6.45) is 1.36. The molecule has 1 N–H and O–H groups in total. The molecule has 24 heavy (non-hydrogen) atoms. The average molecular weight is 352 g/mol. The molecule has 1 aliphatic heterocycles. The molecule has 0 unspecified atom stereocenters.